The third kappa shape index (κ3) is 2.82. The maximum atomic E-state index is 12.6. The second-order valence-corrected chi connectivity index (χ2v) is 5.80. The van der Waals surface area contributed by atoms with Gasteiger partial charge in [0.2, 0.25) is 0 Å². The molecule has 4 nitrogen and oxygen atoms in total. The number of hydrogen-bond acceptors (Lipinski definition) is 4. The average Bonchev–Trinajstić information content (AvgIpc) is 2.82. The number of likely N-dealkylation sites (N-methyl/N-ethyl adjacent to an activating group) is 1. The first kappa shape index (κ1) is 14.9. The molecule has 2 fully saturated rings. The van der Waals surface area contributed by atoms with E-state index >= 15 is 0 Å². The number of halogens is 4. The van der Waals surface area contributed by atoms with Crippen molar-refractivity contribution < 1.29 is 17.9 Å². The van der Waals surface area contributed by atoms with Crippen molar-refractivity contribution in [1.29, 1.82) is 0 Å². The van der Waals surface area contributed by atoms with Gasteiger partial charge in [-0.25, -0.2) is 4.98 Å². The molecular formula is C13H15ClF3N3O. The van der Waals surface area contributed by atoms with Crippen LogP contribution < -0.4 is 4.90 Å². The molecule has 0 bridgehead atoms. The standard InChI is InChI=1S/C13H15ClF3N3O/c1-19-2-3-21-11-7-20(6-10(11)19)12-9(14)4-8(5-18-12)13(15,16)17/h4-5,10-11H,2-3,6-7H2,1H3. The monoisotopic (exact) mass is 321 g/mol. The van der Waals surface area contributed by atoms with Crippen molar-refractivity contribution in [3.63, 3.8) is 0 Å². The van der Waals surface area contributed by atoms with Crippen LogP contribution in [0.4, 0.5) is 19.0 Å². The van der Waals surface area contributed by atoms with E-state index in [2.05, 4.69) is 9.88 Å². The van der Waals surface area contributed by atoms with Crippen LogP contribution in [0.2, 0.25) is 5.02 Å². The molecule has 8 heteroatoms. The minimum Gasteiger partial charge on any atom is -0.373 e. The van der Waals surface area contributed by atoms with E-state index < -0.39 is 11.7 Å². The molecule has 0 amide bonds. The largest absolute Gasteiger partial charge is 0.417 e. The van der Waals surface area contributed by atoms with E-state index in [-0.39, 0.29) is 17.2 Å². The Bertz CT molecular complexity index is 540. The minimum absolute atomic E-state index is 0.0196. The quantitative estimate of drug-likeness (QED) is 0.793. The van der Waals surface area contributed by atoms with Crippen LogP contribution >= 0.6 is 11.6 Å². The number of anilines is 1. The van der Waals surface area contributed by atoms with Gasteiger partial charge in [0, 0.05) is 25.8 Å². The molecule has 116 valence electrons. The number of nitrogens with zero attached hydrogens (tertiary/aromatic N) is 3. The number of rotatable bonds is 1. The van der Waals surface area contributed by atoms with Crippen molar-refractivity contribution in [2.24, 2.45) is 0 Å². The zero-order chi connectivity index (χ0) is 15.2. The summed E-state index contributed by atoms with van der Waals surface area (Å²) in [5.41, 5.74) is -0.832. The highest BCUT2D eigenvalue weighted by molar-refractivity contribution is 6.33. The summed E-state index contributed by atoms with van der Waals surface area (Å²) < 4.78 is 43.6. The van der Waals surface area contributed by atoms with Gasteiger partial charge >= 0.3 is 6.18 Å². The van der Waals surface area contributed by atoms with Gasteiger partial charge in [0.25, 0.3) is 0 Å². The lowest BCUT2D eigenvalue weighted by molar-refractivity contribution is -0.137. The molecule has 0 N–H and O–H groups in total. The first-order chi connectivity index (χ1) is 9.86. The molecule has 0 spiro atoms. The van der Waals surface area contributed by atoms with E-state index in [1.165, 1.54) is 0 Å². The lowest BCUT2D eigenvalue weighted by Crippen LogP contribution is -2.48. The number of fused-ring (bicyclic) bond motifs is 1. The van der Waals surface area contributed by atoms with Gasteiger partial charge in [-0.1, -0.05) is 11.6 Å². The number of hydrogen-bond donors (Lipinski definition) is 0. The predicted octanol–water partition coefficient (Wildman–Crippen LogP) is 2.27. The van der Waals surface area contributed by atoms with Crippen molar-refractivity contribution in [2.45, 2.75) is 18.3 Å². The molecule has 2 aliphatic heterocycles. The van der Waals surface area contributed by atoms with E-state index in [1.54, 1.807) is 0 Å². The van der Waals surface area contributed by atoms with Crippen molar-refractivity contribution >= 4 is 17.4 Å². The van der Waals surface area contributed by atoms with Crippen molar-refractivity contribution in [1.82, 2.24) is 9.88 Å². The Balaban J connectivity index is 1.82. The van der Waals surface area contributed by atoms with Gasteiger partial charge in [0.15, 0.2) is 0 Å². The van der Waals surface area contributed by atoms with E-state index in [0.29, 0.717) is 25.5 Å². The summed E-state index contributed by atoms with van der Waals surface area (Å²) in [6, 6.07) is 1.15. The Morgan fingerprint density at radius 2 is 2.14 bits per heavy atom. The smallest absolute Gasteiger partial charge is 0.373 e. The summed E-state index contributed by atoms with van der Waals surface area (Å²) in [6.45, 7) is 2.76. The highest BCUT2D eigenvalue weighted by atomic mass is 35.5. The van der Waals surface area contributed by atoms with Gasteiger partial charge in [0.1, 0.15) is 5.82 Å². The lowest BCUT2D eigenvalue weighted by Gasteiger charge is -2.33. The van der Waals surface area contributed by atoms with Crippen LogP contribution in [-0.4, -0.2) is 55.3 Å². The van der Waals surface area contributed by atoms with E-state index in [1.807, 2.05) is 11.9 Å². The van der Waals surface area contributed by atoms with Crippen molar-refractivity contribution in [2.75, 3.05) is 38.2 Å². The van der Waals surface area contributed by atoms with Crippen molar-refractivity contribution in [3.05, 3.63) is 22.8 Å². The van der Waals surface area contributed by atoms with Crippen molar-refractivity contribution in [3.8, 4) is 0 Å². The number of ether oxygens (including phenoxy) is 1. The van der Waals surface area contributed by atoms with E-state index in [0.717, 1.165) is 18.8 Å². The van der Waals surface area contributed by atoms with Gasteiger partial charge in [-0.05, 0) is 13.1 Å². The molecule has 3 heterocycles. The molecule has 0 radical (unpaired) electrons. The lowest BCUT2D eigenvalue weighted by atomic mass is 10.1. The molecule has 1 aromatic heterocycles. The van der Waals surface area contributed by atoms with Gasteiger partial charge < -0.3 is 9.64 Å². The third-order valence-corrected chi connectivity index (χ3v) is 4.31. The summed E-state index contributed by atoms with van der Waals surface area (Å²) in [5, 5.41) is 0.0196. The minimum atomic E-state index is -4.43. The second kappa shape index (κ2) is 5.30. The molecule has 2 aliphatic rings. The third-order valence-electron chi connectivity index (χ3n) is 4.03. The van der Waals surface area contributed by atoms with Crippen LogP contribution in [-0.2, 0) is 10.9 Å². The highest BCUT2D eigenvalue weighted by Gasteiger charge is 2.40. The highest BCUT2D eigenvalue weighted by Crippen LogP contribution is 2.35. The fourth-order valence-electron chi connectivity index (χ4n) is 2.85. The molecule has 21 heavy (non-hydrogen) atoms. The maximum Gasteiger partial charge on any atom is 0.417 e. The Kier molecular flexibility index (Phi) is 3.75. The summed E-state index contributed by atoms with van der Waals surface area (Å²) in [5.74, 6) is 0.385. The molecule has 3 rings (SSSR count). The zero-order valence-corrected chi connectivity index (χ0v) is 12.2. The molecular weight excluding hydrogens is 307 g/mol. The number of morpholine rings is 1. The van der Waals surface area contributed by atoms with Crippen LogP contribution in [0.3, 0.4) is 0 Å². The molecule has 0 aliphatic carbocycles. The number of alkyl halides is 3. The molecule has 2 unspecified atom stereocenters. The molecule has 0 saturated carbocycles. The molecule has 2 atom stereocenters. The first-order valence-electron chi connectivity index (χ1n) is 6.66. The Morgan fingerprint density at radius 3 is 2.76 bits per heavy atom. The van der Waals surface area contributed by atoms with Gasteiger partial charge in [-0.2, -0.15) is 13.2 Å². The summed E-state index contributed by atoms with van der Waals surface area (Å²) in [7, 11) is 2.02. The number of aromatic nitrogens is 1. The second-order valence-electron chi connectivity index (χ2n) is 5.39. The van der Waals surface area contributed by atoms with Crippen LogP contribution in [0.5, 0.6) is 0 Å². The molecule has 2 saturated heterocycles. The SMILES string of the molecule is CN1CCOC2CN(c3ncc(C(F)(F)F)cc3Cl)CC21. The fraction of sp³-hybridized carbons (Fsp3) is 0.615. The van der Waals surface area contributed by atoms with E-state index in [4.69, 9.17) is 16.3 Å². The molecule has 1 aromatic rings. The first-order valence-corrected chi connectivity index (χ1v) is 7.03. The van der Waals surface area contributed by atoms with E-state index in [9.17, 15) is 13.2 Å². The molecule has 0 aromatic carbocycles. The van der Waals surface area contributed by atoms with Crippen LogP contribution in [0.15, 0.2) is 12.3 Å². The number of pyridine rings is 1. The van der Waals surface area contributed by atoms with Crippen LogP contribution in [0.25, 0.3) is 0 Å². The topological polar surface area (TPSA) is 28.6 Å². The fourth-order valence-corrected chi connectivity index (χ4v) is 3.13. The van der Waals surface area contributed by atoms with Gasteiger partial charge in [-0.3, -0.25) is 4.90 Å². The Labute approximate surface area is 125 Å². The Morgan fingerprint density at radius 1 is 1.38 bits per heavy atom. The Hall–Kier alpha value is -1.05. The summed E-state index contributed by atoms with van der Waals surface area (Å²) >= 11 is 5.99. The van der Waals surface area contributed by atoms with Crippen LogP contribution in [0, 0.1) is 0 Å². The summed E-state index contributed by atoms with van der Waals surface area (Å²) in [6.07, 6.45) is -3.56. The average molecular weight is 322 g/mol. The van der Waals surface area contributed by atoms with Gasteiger partial charge in [0.05, 0.1) is 29.3 Å². The summed E-state index contributed by atoms with van der Waals surface area (Å²) in [4.78, 5) is 8.00. The predicted molar refractivity (Wildman–Crippen MR) is 72.6 cm³/mol. The zero-order valence-electron chi connectivity index (χ0n) is 11.4. The maximum absolute atomic E-state index is 12.6. The van der Waals surface area contributed by atoms with Crippen LogP contribution in [0.1, 0.15) is 5.56 Å². The normalized spacial score (nSPS) is 27.0. The van der Waals surface area contributed by atoms with Gasteiger partial charge in [-0.15, -0.1) is 0 Å².